The molecule has 1 atom stereocenters. The number of nitrogens with zero attached hydrogens (tertiary/aromatic N) is 3. The SMILES string of the molecule is CC1=C(C(=O)Nc2ccccc2Cl)C(c2ccc3c(c2)OCCO3)n2nc(-c3ccccc3)nc2N1. The van der Waals surface area contributed by atoms with Crippen LogP contribution in [0.3, 0.4) is 0 Å². The first-order valence-corrected chi connectivity index (χ1v) is 11.9. The maximum absolute atomic E-state index is 13.7. The Morgan fingerprint density at radius 3 is 2.58 bits per heavy atom. The summed E-state index contributed by atoms with van der Waals surface area (Å²) in [5.74, 6) is 2.10. The number of ether oxygens (including phenoxy) is 2. The third-order valence-corrected chi connectivity index (χ3v) is 6.46. The lowest BCUT2D eigenvalue weighted by atomic mass is 9.94. The molecule has 3 aromatic carbocycles. The van der Waals surface area contributed by atoms with Crippen molar-refractivity contribution in [3.05, 3.63) is 94.7 Å². The van der Waals surface area contributed by atoms with Gasteiger partial charge in [0.2, 0.25) is 5.95 Å². The number of nitrogens with one attached hydrogen (secondary N) is 2. The van der Waals surface area contributed by atoms with E-state index in [0.29, 0.717) is 58.5 Å². The number of anilines is 2. The van der Waals surface area contributed by atoms with Crippen LogP contribution < -0.4 is 20.1 Å². The Kier molecular flexibility index (Phi) is 5.58. The van der Waals surface area contributed by atoms with Crippen molar-refractivity contribution >= 4 is 29.1 Å². The van der Waals surface area contributed by atoms with Crippen molar-refractivity contribution < 1.29 is 14.3 Å². The number of aromatic nitrogens is 3. The summed E-state index contributed by atoms with van der Waals surface area (Å²) < 4.78 is 13.3. The monoisotopic (exact) mass is 499 g/mol. The molecule has 2 aliphatic rings. The molecule has 0 fully saturated rings. The van der Waals surface area contributed by atoms with Crippen molar-refractivity contribution in [3.63, 3.8) is 0 Å². The lowest BCUT2D eigenvalue weighted by Crippen LogP contribution is -2.31. The minimum Gasteiger partial charge on any atom is -0.486 e. The van der Waals surface area contributed by atoms with Gasteiger partial charge in [0, 0.05) is 11.3 Å². The number of rotatable bonds is 4. The van der Waals surface area contributed by atoms with Crippen LogP contribution in [0.4, 0.5) is 11.6 Å². The highest BCUT2D eigenvalue weighted by Crippen LogP contribution is 2.40. The maximum Gasteiger partial charge on any atom is 0.255 e. The zero-order valence-electron chi connectivity index (χ0n) is 19.4. The van der Waals surface area contributed by atoms with Crippen LogP contribution >= 0.6 is 11.6 Å². The minimum atomic E-state index is -0.565. The molecule has 2 N–H and O–H groups in total. The molecule has 3 heterocycles. The number of para-hydroxylation sites is 1. The van der Waals surface area contributed by atoms with Gasteiger partial charge in [-0.1, -0.05) is 60.1 Å². The summed E-state index contributed by atoms with van der Waals surface area (Å²) in [6.07, 6.45) is 0. The molecule has 1 amide bonds. The molecule has 180 valence electrons. The summed E-state index contributed by atoms with van der Waals surface area (Å²) in [4.78, 5) is 18.4. The van der Waals surface area contributed by atoms with Crippen LogP contribution in [0.15, 0.2) is 84.1 Å². The largest absolute Gasteiger partial charge is 0.486 e. The van der Waals surface area contributed by atoms with Crippen LogP contribution in [0, 0.1) is 0 Å². The Morgan fingerprint density at radius 1 is 1.03 bits per heavy atom. The van der Waals surface area contributed by atoms with Gasteiger partial charge in [0.1, 0.15) is 19.3 Å². The summed E-state index contributed by atoms with van der Waals surface area (Å²) in [6.45, 7) is 2.81. The number of hydrogen-bond acceptors (Lipinski definition) is 6. The second-order valence-corrected chi connectivity index (χ2v) is 8.88. The molecule has 8 nitrogen and oxygen atoms in total. The zero-order valence-corrected chi connectivity index (χ0v) is 20.1. The van der Waals surface area contributed by atoms with Crippen LogP contribution in [-0.2, 0) is 4.79 Å². The number of carbonyl (C=O) groups is 1. The van der Waals surface area contributed by atoms with Crippen molar-refractivity contribution in [1.82, 2.24) is 14.8 Å². The van der Waals surface area contributed by atoms with Gasteiger partial charge in [-0.2, -0.15) is 4.98 Å². The standard InChI is InChI=1S/C27H22ClN5O3/c1-16-23(26(34)30-20-10-6-5-9-19(20)28)24(18-11-12-21-22(15-18)36-14-13-35-21)33-27(29-16)31-25(32-33)17-7-3-2-4-8-17/h2-12,15,24H,13-14H2,1H3,(H,30,34)(H,29,31,32). The van der Waals surface area contributed by atoms with E-state index >= 15 is 0 Å². The van der Waals surface area contributed by atoms with Gasteiger partial charge in [-0.05, 0) is 36.8 Å². The van der Waals surface area contributed by atoms with Crippen LogP contribution in [0.25, 0.3) is 11.4 Å². The predicted octanol–water partition coefficient (Wildman–Crippen LogP) is 5.30. The van der Waals surface area contributed by atoms with Gasteiger partial charge >= 0.3 is 0 Å². The molecular formula is C27H22ClN5O3. The molecule has 36 heavy (non-hydrogen) atoms. The Hall–Kier alpha value is -4.30. The summed E-state index contributed by atoms with van der Waals surface area (Å²) in [5, 5.41) is 11.5. The molecule has 1 aromatic heterocycles. The summed E-state index contributed by atoms with van der Waals surface area (Å²) in [5.41, 5.74) is 3.37. The number of allylic oxidation sites excluding steroid dienone is 1. The van der Waals surface area contributed by atoms with E-state index in [9.17, 15) is 4.79 Å². The first kappa shape index (κ1) is 22.2. The first-order chi connectivity index (χ1) is 17.6. The number of hydrogen-bond donors (Lipinski definition) is 2. The third kappa shape index (κ3) is 3.95. The highest BCUT2D eigenvalue weighted by atomic mass is 35.5. The molecule has 0 bridgehead atoms. The fourth-order valence-electron chi connectivity index (χ4n) is 4.45. The van der Waals surface area contributed by atoms with Crippen LogP contribution in [0.2, 0.25) is 5.02 Å². The van der Waals surface area contributed by atoms with Gasteiger partial charge in [0.25, 0.3) is 5.91 Å². The van der Waals surface area contributed by atoms with Crippen molar-refractivity contribution in [2.24, 2.45) is 0 Å². The van der Waals surface area contributed by atoms with Gasteiger partial charge < -0.3 is 20.1 Å². The van der Waals surface area contributed by atoms with Gasteiger partial charge in [0.15, 0.2) is 17.3 Å². The van der Waals surface area contributed by atoms with Crippen molar-refractivity contribution in [2.45, 2.75) is 13.0 Å². The zero-order chi connectivity index (χ0) is 24.6. The molecule has 6 rings (SSSR count). The van der Waals surface area contributed by atoms with E-state index in [1.54, 1.807) is 16.8 Å². The molecule has 0 aliphatic carbocycles. The fourth-order valence-corrected chi connectivity index (χ4v) is 4.63. The average Bonchev–Trinajstić information content (AvgIpc) is 3.33. The van der Waals surface area contributed by atoms with E-state index in [1.807, 2.05) is 67.6 Å². The van der Waals surface area contributed by atoms with Crippen molar-refractivity contribution in [1.29, 1.82) is 0 Å². The van der Waals surface area contributed by atoms with Gasteiger partial charge in [0.05, 0.1) is 16.3 Å². The quantitative estimate of drug-likeness (QED) is 0.396. The Balaban J connectivity index is 1.47. The molecule has 0 radical (unpaired) electrons. The Morgan fingerprint density at radius 2 is 1.78 bits per heavy atom. The number of halogens is 1. The van der Waals surface area contributed by atoms with Crippen molar-refractivity contribution in [2.75, 3.05) is 23.8 Å². The molecule has 0 spiro atoms. The number of fused-ring (bicyclic) bond motifs is 2. The maximum atomic E-state index is 13.7. The van der Waals surface area contributed by atoms with Crippen molar-refractivity contribution in [3.8, 4) is 22.9 Å². The summed E-state index contributed by atoms with van der Waals surface area (Å²) in [6, 6.07) is 22.0. The predicted molar refractivity (Wildman–Crippen MR) is 137 cm³/mol. The van der Waals surface area contributed by atoms with E-state index in [4.69, 9.17) is 31.2 Å². The van der Waals surface area contributed by atoms with Crippen LogP contribution in [-0.4, -0.2) is 33.9 Å². The van der Waals surface area contributed by atoms with E-state index in [0.717, 1.165) is 11.1 Å². The van der Waals surface area contributed by atoms with Crippen LogP contribution in [0.1, 0.15) is 18.5 Å². The molecule has 1 unspecified atom stereocenters. The normalized spacial score (nSPS) is 16.2. The highest BCUT2D eigenvalue weighted by Gasteiger charge is 2.35. The lowest BCUT2D eigenvalue weighted by Gasteiger charge is -2.29. The topological polar surface area (TPSA) is 90.3 Å². The minimum absolute atomic E-state index is 0.296. The molecule has 4 aromatic rings. The van der Waals surface area contributed by atoms with Gasteiger partial charge in [-0.15, -0.1) is 5.10 Å². The molecule has 9 heteroatoms. The number of benzene rings is 3. The third-order valence-electron chi connectivity index (χ3n) is 6.13. The van der Waals surface area contributed by atoms with Gasteiger partial charge in [-0.3, -0.25) is 4.79 Å². The number of amides is 1. The van der Waals surface area contributed by atoms with E-state index in [1.165, 1.54) is 0 Å². The highest BCUT2D eigenvalue weighted by molar-refractivity contribution is 6.33. The number of carbonyl (C=O) groups excluding carboxylic acids is 1. The van der Waals surface area contributed by atoms with E-state index in [2.05, 4.69) is 10.6 Å². The fraction of sp³-hybridized carbons (Fsp3) is 0.148. The second kappa shape index (κ2) is 9.05. The molecular weight excluding hydrogens is 478 g/mol. The Labute approximate surface area is 212 Å². The Bertz CT molecular complexity index is 1500. The van der Waals surface area contributed by atoms with E-state index < -0.39 is 6.04 Å². The molecule has 2 aliphatic heterocycles. The van der Waals surface area contributed by atoms with Gasteiger partial charge in [-0.25, -0.2) is 4.68 Å². The second-order valence-electron chi connectivity index (χ2n) is 8.47. The smallest absolute Gasteiger partial charge is 0.255 e. The summed E-state index contributed by atoms with van der Waals surface area (Å²) in [7, 11) is 0. The van der Waals surface area contributed by atoms with Crippen LogP contribution in [0.5, 0.6) is 11.5 Å². The lowest BCUT2D eigenvalue weighted by molar-refractivity contribution is -0.113. The molecule has 0 saturated carbocycles. The molecule has 0 saturated heterocycles. The van der Waals surface area contributed by atoms with E-state index in [-0.39, 0.29) is 5.91 Å². The summed E-state index contributed by atoms with van der Waals surface area (Å²) >= 11 is 6.32. The average molecular weight is 500 g/mol. The first-order valence-electron chi connectivity index (χ1n) is 11.5.